The van der Waals surface area contributed by atoms with Gasteiger partial charge in [0.15, 0.2) is 0 Å². The van der Waals surface area contributed by atoms with Crippen LogP contribution in [-0.2, 0) is 19.8 Å². The number of rotatable bonds is 10. The zero-order chi connectivity index (χ0) is 24.5. The van der Waals surface area contributed by atoms with Gasteiger partial charge in [0, 0.05) is 30.1 Å². The second-order valence-electron chi connectivity index (χ2n) is 7.83. The molecule has 7 heteroatoms. The molecule has 4 rings (SSSR count). The average molecular weight is 468 g/mol. The van der Waals surface area contributed by atoms with Crippen molar-refractivity contribution in [2.24, 2.45) is 5.73 Å². The standard InChI is InChI=1S/C28H25N3O4/c29-27(32)25-8-1-2-9-26(25)35-18-21-5-3-7-23(15-21)28(33)31-17-20-10-12-24(13-11-20)34-19-22-6-4-14-30-16-22/h1-16H,17-19H2,(H2,29,32)(H,31,33). The van der Waals surface area contributed by atoms with Gasteiger partial charge in [-0.05, 0) is 53.6 Å². The van der Waals surface area contributed by atoms with Crippen molar-refractivity contribution < 1.29 is 19.1 Å². The van der Waals surface area contributed by atoms with E-state index in [1.807, 2.05) is 42.5 Å². The van der Waals surface area contributed by atoms with Crippen molar-refractivity contribution in [3.05, 3.63) is 125 Å². The number of aromatic nitrogens is 1. The minimum Gasteiger partial charge on any atom is -0.489 e. The monoisotopic (exact) mass is 467 g/mol. The van der Waals surface area contributed by atoms with Gasteiger partial charge in [0.25, 0.3) is 11.8 Å². The van der Waals surface area contributed by atoms with Crippen LogP contribution >= 0.6 is 0 Å². The Morgan fingerprint density at radius 1 is 0.800 bits per heavy atom. The number of hydrogen-bond donors (Lipinski definition) is 2. The molecule has 0 aliphatic rings. The first kappa shape index (κ1) is 23.5. The van der Waals surface area contributed by atoms with Crippen molar-refractivity contribution in [3.63, 3.8) is 0 Å². The van der Waals surface area contributed by atoms with Crippen molar-refractivity contribution in [1.82, 2.24) is 10.3 Å². The summed E-state index contributed by atoms with van der Waals surface area (Å²) in [6, 6.07) is 25.4. The second-order valence-corrected chi connectivity index (χ2v) is 7.83. The van der Waals surface area contributed by atoms with Crippen LogP contribution in [0.3, 0.4) is 0 Å². The summed E-state index contributed by atoms with van der Waals surface area (Å²) in [5.74, 6) is 0.403. The molecule has 0 unspecified atom stereocenters. The molecule has 0 aliphatic carbocycles. The summed E-state index contributed by atoms with van der Waals surface area (Å²) < 4.78 is 11.5. The number of primary amides is 1. The van der Waals surface area contributed by atoms with Gasteiger partial charge in [0.05, 0.1) is 5.56 Å². The third-order valence-corrected chi connectivity index (χ3v) is 5.24. The lowest BCUT2D eigenvalue weighted by atomic mass is 10.1. The molecular weight excluding hydrogens is 442 g/mol. The molecule has 2 amide bonds. The molecule has 3 N–H and O–H groups in total. The molecule has 0 saturated heterocycles. The van der Waals surface area contributed by atoms with Gasteiger partial charge >= 0.3 is 0 Å². The maximum atomic E-state index is 12.7. The van der Waals surface area contributed by atoms with E-state index in [0.717, 1.165) is 22.4 Å². The number of para-hydroxylation sites is 1. The zero-order valence-corrected chi connectivity index (χ0v) is 19.0. The van der Waals surface area contributed by atoms with Gasteiger partial charge in [0.1, 0.15) is 24.7 Å². The molecular formula is C28H25N3O4. The molecule has 35 heavy (non-hydrogen) atoms. The predicted octanol–water partition coefficient (Wildman–Crippen LogP) is 4.27. The molecule has 1 aromatic heterocycles. The highest BCUT2D eigenvalue weighted by atomic mass is 16.5. The molecule has 0 bridgehead atoms. The molecule has 4 aromatic rings. The van der Waals surface area contributed by atoms with Crippen LogP contribution in [0.25, 0.3) is 0 Å². The number of benzene rings is 3. The van der Waals surface area contributed by atoms with Crippen LogP contribution in [0.5, 0.6) is 11.5 Å². The summed E-state index contributed by atoms with van der Waals surface area (Å²) in [6.07, 6.45) is 3.49. The van der Waals surface area contributed by atoms with Crippen LogP contribution < -0.4 is 20.5 Å². The SMILES string of the molecule is NC(=O)c1ccccc1OCc1cccc(C(=O)NCc2ccc(OCc3cccnc3)cc2)c1. The van der Waals surface area contributed by atoms with Crippen molar-refractivity contribution in [2.75, 3.05) is 0 Å². The number of ether oxygens (including phenoxy) is 2. The topological polar surface area (TPSA) is 104 Å². The first-order valence-corrected chi connectivity index (χ1v) is 11.1. The molecule has 0 atom stereocenters. The second kappa shape index (κ2) is 11.5. The van der Waals surface area contributed by atoms with Crippen LogP contribution in [0.2, 0.25) is 0 Å². The highest BCUT2D eigenvalue weighted by Gasteiger charge is 2.10. The van der Waals surface area contributed by atoms with Gasteiger partial charge in [-0.2, -0.15) is 0 Å². The van der Waals surface area contributed by atoms with E-state index < -0.39 is 5.91 Å². The van der Waals surface area contributed by atoms with Crippen LogP contribution in [0.4, 0.5) is 0 Å². The summed E-state index contributed by atoms with van der Waals surface area (Å²) in [5.41, 5.74) is 8.97. The third kappa shape index (κ3) is 6.68. The van der Waals surface area contributed by atoms with Gasteiger partial charge in [-0.15, -0.1) is 0 Å². The molecule has 176 valence electrons. The number of pyridine rings is 1. The fourth-order valence-electron chi connectivity index (χ4n) is 3.40. The summed E-state index contributed by atoms with van der Waals surface area (Å²) in [5, 5.41) is 2.93. The molecule has 0 spiro atoms. The van der Waals surface area contributed by atoms with E-state index in [4.69, 9.17) is 15.2 Å². The average Bonchev–Trinajstić information content (AvgIpc) is 2.91. The maximum absolute atomic E-state index is 12.7. The Kier molecular flexibility index (Phi) is 7.70. The molecule has 1 heterocycles. The lowest BCUT2D eigenvalue weighted by Crippen LogP contribution is -2.22. The van der Waals surface area contributed by atoms with E-state index in [1.54, 1.807) is 54.9 Å². The summed E-state index contributed by atoms with van der Waals surface area (Å²) in [7, 11) is 0. The number of carbonyl (C=O) groups excluding carboxylic acids is 2. The van der Waals surface area contributed by atoms with E-state index in [1.165, 1.54) is 0 Å². The molecule has 0 fully saturated rings. The summed E-state index contributed by atoms with van der Waals surface area (Å²) >= 11 is 0. The van der Waals surface area contributed by atoms with Crippen LogP contribution in [0, 0.1) is 0 Å². The van der Waals surface area contributed by atoms with Crippen LogP contribution in [0.15, 0.2) is 97.3 Å². The lowest BCUT2D eigenvalue weighted by molar-refractivity contribution is 0.0949. The number of amides is 2. The summed E-state index contributed by atoms with van der Waals surface area (Å²) in [4.78, 5) is 28.3. The van der Waals surface area contributed by atoms with E-state index in [2.05, 4.69) is 10.3 Å². The van der Waals surface area contributed by atoms with E-state index >= 15 is 0 Å². The van der Waals surface area contributed by atoms with E-state index in [9.17, 15) is 9.59 Å². The molecule has 0 aliphatic heterocycles. The van der Waals surface area contributed by atoms with Gasteiger partial charge in [-0.3, -0.25) is 14.6 Å². The minimum absolute atomic E-state index is 0.193. The fraction of sp³-hybridized carbons (Fsp3) is 0.107. The van der Waals surface area contributed by atoms with E-state index in [0.29, 0.717) is 30.0 Å². The van der Waals surface area contributed by atoms with Gasteiger partial charge in [0.2, 0.25) is 0 Å². The van der Waals surface area contributed by atoms with Gasteiger partial charge in [-0.25, -0.2) is 0 Å². The third-order valence-electron chi connectivity index (χ3n) is 5.24. The fourth-order valence-corrected chi connectivity index (χ4v) is 3.40. The number of nitrogens with zero attached hydrogens (tertiary/aromatic N) is 1. The van der Waals surface area contributed by atoms with Crippen molar-refractivity contribution in [2.45, 2.75) is 19.8 Å². The molecule has 7 nitrogen and oxygen atoms in total. The Hall–Kier alpha value is -4.65. The Morgan fingerprint density at radius 3 is 2.34 bits per heavy atom. The van der Waals surface area contributed by atoms with Gasteiger partial charge in [-0.1, -0.05) is 42.5 Å². The number of nitrogens with two attached hydrogens (primary N) is 1. The van der Waals surface area contributed by atoms with Crippen molar-refractivity contribution >= 4 is 11.8 Å². The Morgan fingerprint density at radius 2 is 1.57 bits per heavy atom. The number of nitrogens with one attached hydrogen (secondary N) is 1. The van der Waals surface area contributed by atoms with Crippen molar-refractivity contribution in [1.29, 1.82) is 0 Å². The zero-order valence-electron chi connectivity index (χ0n) is 19.0. The van der Waals surface area contributed by atoms with Crippen LogP contribution in [0.1, 0.15) is 37.4 Å². The lowest BCUT2D eigenvalue weighted by Gasteiger charge is -2.11. The Balaban J connectivity index is 1.29. The normalized spacial score (nSPS) is 10.4. The first-order valence-electron chi connectivity index (χ1n) is 11.1. The molecule has 0 saturated carbocycles. The highest BCUT2D eigenvalue weighted by molar-refractivity contribution is 5.95. The Bertz CT molecular complexity index is 1290. The number of carbonyl (C=O) groups is 2. The molecule has 3 aromatic carbocycles. The first-order chi connectivity index (χ1) is 17.1. The van der Waals surface area contributed by atoms with Crippen molar-refractivity contribution in [3.8, 4) is 11.5 Å². The smallest absolute Gasteiger partial charge is 0.252 e. The quantitative estimate of drug-likeness (QED) is 0.363. The Labute approximate surface area is 203 Å². The highest BCUT2D eigenvalue weighted by Crippen LogP contribution is 2.19. The molecule has 0 radical (unpaired) electrons. The van der Waals surface area contributed by atoms with Gasteiger partial charge < -0.3 is 20.5 Å². The number of hydrogen-bond acceptors (Lipinski definition) is 5. The van der Waals surface area contributed by atoms with Crippen LogP contribution in [-0.4, -0.2) is 16.8 Å². The maximum Gasteiger partial charge on any atom is 0.252 e. The minimum atomic E-state index is -0.554. The predicted molar refractivity (Wildman–Crippen MR) is 132 cm³/mol. The van der Waals surface area contributed by atoms with E-state index in [-0.39, 0.29) is 12.5 Å². The summed E-state index contributed by atoms with van der Waals surface area (Å²) in [6.45, 7) is 1.03. The largest absolute Gasteiger partial charge is 0.489 e.